The van der Waals surface area contributed by atoms with Crippen molar-refractivity contribution in [2.45, 2.75) is 11.4 Å². The first kappa shape index (κ1) is 16.2. The van der Waals surface area contributed by atoms with Crippen molar-refractivity contribution in [3.05, 3.63) is 60.0 Å². The fourth-order valence-electron chi connectivity index (χ4n) is 2.54. The lowest BCUT2D eigenvalue weighted by Crippen LogP contribution is -2.25. The Morgan fingerprint density at radius 2 is 2.00 bits per heavy atom. The largest absolute Gasteiger partial charge is 0.345 e. The van der Waals surface area contributed by atoms with Crippen LogP contribution in [0.2, 0.25) is 0 Å². The highest BCUT2D eigenvalue weighted by atomic mass is 32.2. The average molecular weight is 343 g/mol. The third-order valence-corrected chi connectivity index (χ3v) is 4.94. The molecule has 0 aliphatic carbocycles. The van der Waals surface area contributed by atoms with Gasteiger partial charge in [-0.3, -0.25) is 9.78 Å². The normalized spacial score (nSPS) is 11.6. The van der Waals surface area contributed by atoms with Gasteiger partial charge in [-0.25, -0.2) is 8.42 Å². The Labute approximate surface area is 140 Å². The van der Waals surface area contributed by atoms with Crippen LogP contribution in [-0.4, -0.2) is 30.1 Å². The Hall–Kier alpha value is -2.67. The number of pyridine rings is 1. The van der Waals surface area contributed by atoms with Gasteiger partial charge in [0.1, 0.15) is 5.69 Å². The van der Waals surface area contributed by atoms with Gasteiger partial charge in [-0.05, 0) is 36.4 Å². The summed E-state index contributed by atoms with van der Waals surface area (Å²) in [4.78, 5) is 16.8. The number of carbonyl (C=O) groups excluding carboxylic acids is 1. The van der Waals surface area contributed by atoms with E-state index >= 15 is 0 Å². The molecule has 1 N–H and O–H groups in total. The number of aromatic nitrogens is 2. The minimum absolute atomic E-state index is 0.236. The zero-order valence-electron chi connectivity index (χ0n) is 13.4. The van der Waals surface area contributed by atoms with E-state index in [0.717, 1.165) is 17.5 Å². The lowest BCUT2D eigenvalue weighted by molar-refractivity contribution is 0.0942. The number of benzene rings is 1. The van der Waals surface area contributed by atoms with Gasteiger partial charge in [0, 0.05) is 30.4 Å². The molecule has 124 valence electrons. The molecule has 2 heterocycles. The summed E-state index contributed by atoms with van der Waals surface area (Å²) >= 11 is 0. The van der Waals surface area contributed by atoms with Crippen LogP contribution >= 0.6 is 0 Å². The lowest BCUT2D eigenvalue weighted by Gasteiger charge is -2.06. The number of nitrogens with one attached hydrogen (secondary N) is 1. The van der Waals surface area contributed by atoms with E-state index < -0.39 is 9.84 Å². The van der Waals surface area contributed by atoms with Crippen molar-refractivity contribution in [3.8, 4) is 0 Å². The Morgan fingerprint density at radius 1 is 1.21 bits per heavy atom. The maximum atomic E-state index is 12.4. The van der Waals surface area contributed by atoms with Crippen LogP contribution in [0.25, 0.3) is 10.9 Å². The molecule has 1 aromatic carbocycles. The summed E-state index contributed by atoms with van der Waals surface area (Å²) in [5.41, 5.74) is 2.03. The van der Waals surface area contributed by atoms with Crippen molar-refractivity contribution < 1.29 is 13.2 Å². The van der Waals surface area contributed by atoms with Gasteiger partial charge in [0.15, 0.2) is 9.84 Å². The molecule has 0 aliphatic heterocycles. The summed E-state index contributed by atoms with van der Waals surface area (Å²) in [5.74, 6) is -0.236. The molecular weight excluding hydrogens is 326 g/mol. The van der Waals surface area contributed by atoms with Gasteiger partial charge < -0.3 is 9.88 Å². The highest BCUT2D eigenvalue weighted by Crippen LogP contribution is 2.22. The smallest absolute Gasteiger partial charge is 0.268 e. The summed E-state index contributed by atoms with van der Waals surface area (Å²) in [6.07, 6.45) is 2.84. The Kier molecular flexibility index (Phi) is 4.11. The van der Waals surface area contributed by atoms with Crippen molar-refractivity contribution in [3.63, 3.8) is 0 Å². The summed E-state index contributed by atoms with van der Waals surface area (Å²) in [5, 5.41) is 3.53. The SMILES string of the molecule is Cn1c(C(=O)NCc2ccccn2)cc2cc(S(C)(=O)=O)ccc21. The first-order valence-corrected chi connectivity index (χ1v) is 9.23. The minimum atomic E-state index is -3.28. The lowest BCUT2D eigenvalue weighted by atomic mass is 10.2. The molecule has 0 radical (unpaired) electrons. The molecule has 24 heavy (non-hydrogen) atoms. The molecule has 0 saturated carbocycles. The van der Waals surface area contributed by atoms with Crippen LogP contribution in [0.5, 0.6) is 0 Å². The molecule has 0 aliphatic rings. The van der Waals surface area contributed by atoms with E-state index in [2.05, 4.69) is 10.3 Å². The molecule has 7 heteroatoms. The van der Waals surface area contributed by atoms with Crippen molar-refractivity contribution >= 4 is 26.6 Å². The van der Waals surface area contributed by atoms with Crippen LogP contribution < -0.4 is 5.32 Å². The van der Waals surface area contributed by atoms with Crippen molar-refractivity contribution in [2.24, 2.45) is 7.05 Å². The summed E-state index contributed by atoms with van der Waals surface area (Å²) < 4.78 is 25.1. The van der Waals surface area contributed by atoms with Crippen LogP contribution in [-0.2, 0) is 23.4 Å². The van der Waals surface area contributed by atoms with Gasteiger partial charge in [0.05, 0.1) is 17.1 Å². The zero-order valence-corrected chi connectivity index (χ0v) is 14.2. The molecular formula is C17H17N3O3S. The Morgan fingerprint density at radius 3 is 2.67 bits per heavy atom. The van der Waals surface area contributed by atoms with E-state index in [0.29, 0.717) is 17.6 Å². The number of aryl methyl sites for hydroxylation is 1. The Balaban J connectivity index is 1.89. The standard InChI is InChI=1S/C17H17N3O3S/c1-20-15-7-6-14(24(2,22)23)9-12(15)10-16(20)17(21)19-11-13-5-3-4-8-18-13/h3-10H,11H2,1-2H3,(H,19,21). The van der Waals surface area contributed by atoms with E-state index in [1.165, 1.54) is 0 Å². The van der Waals surface area contributed by atoms with E-state index in [-0.39, 0.29) is 10.8 Å². The minimum Gasteiger partial charge on any atom is -0.345 e. The number of hydrogen-bond donors (Lipinski definition) is 1. The summed E-state index contributed by atoms with van der Waals surface area (Å²) in [6.45, 7) is 0.329. The monoisotopic (exact) mass is 343 g/mol. The fraction of sp³-hybridized carbons (Fsp3) is 0.176. The second kappa shape index (κ2) is 6.09. The van der Waals surface area contributed by atoms with Crippen molar-refractivity contribution in [1.82, 2.24) is 14.9 Å². The molecule has 3 aromatic rings. The van der Waals surface area contributed by atoms with Crippen molar-refractivity contribution in [1.29, 1.82) is 0 Å². The van der Waals surface area contributed by atoms with E-state index in [9.17, 15) is 13.2 Å². The molecule has 0 saturated heterocycles. The predicted octanol–water partition coefficient (Wildman–Crippen LogP) is 1.91. The fourth-order valence-corrected chi connectivity index (χ4v) is 3.20. The van der Waals surface area contributed by atoms with Gasteiger partial charge in [-0.1, -0.05) is 6.07 Å². The number of rotatable bonds is 4. The Bertz CT molecular complexity index is 1010. The maximum absolute atomic E-state index is 12.4. The third-order valence-electron chi connectivity index (χ3n) is 3.83. The van der Waals surface area contributed by atoms with Gasteiger partial charge >= 0.3 is 0 Å². The van der Waals surface area contributed by atoms with E-state index in [1.807, 2.05) is 18.2 Å². The number of nitrogens with zero attached hydrogens (tertiary/aromatic N) is 2. The number of hydrogen-bond acceptors (Lipinski definition) is 4. The molecule has 3 rings (SSSR count). The molecule has 0 spiro atoms. The van der Waals surface area contributed by atoms with Crippen LogP contribution in [0.1, 0.15) is 16.2 Å². The van der Waals surface area contributed by atoms with Crippen LogP contribution in [0.3, 0.4) is 0 Å². The molecule has 6 nitrogen and oxygen atoms in total. The van der Waals surface area contributed by atoms with Crippen molar-refractivity contribution in [2.75, 3.05) is 6.26 Å². The number of sulfone groups is 1. The van der Waals surface area contributed by atoms with Crippen LogP contribution in [0.15, 0.2) is 53.6 Å². The first-order chi connectivity index (χ1) is 11.4. The summed E-state index contributed by atoms with van der Waals surface area (Å²) in [6, 6.07) is 12.0. The third kappa shape index (κ3) is 3.16. The maximum Gasteiger partial charge on any atom is 0.268 e. The predicted molar refractivity (Wildman–Crippen MR) is 91.4 cm³/mol. The van der Waals surface area contributed by atoms with Gasteiger partial charge in [-0.2, -0.15) is 0 Å². The number of amides is 1. The van der Waals surface area contributed by atoms with Crippen LogP contribution in [0, 0.1) is 0 Å². The highest BCUT2D eigenvalue weighted by Gasteiger charge is 2.15. The second-order valence-electron chi connectivity index (χ2n) is 5.59. The van der Waals surface area contributed by atoms with E-state index in [1.54, 1.807) is 42.1 Å². The highest BCUT2D eigenvalue weighted by molar-refractivity contribution is 7.90. The van der Waals surface area contributed by atoms with Crippen LogP contribution in [0.4, 0.5) is 0 Å². The first-order valence-electron chi connectivity index (χ1n) is 7.34. The van der Waals surface area contributed by atoms with E-state index in [4.69, 9.17) is 0 Å². The van der Waals surface area contributed by atoms with Gasteiger partial charge in [0.2, 0.25) is 0 Å². The molecule has 0 unspecified atom stereocenters. The number of carbonyl (C=O) groups is 1. The number of fused-ring (bicyclic) bond motifs is 1. The molecule has 0 bridgehead atoms. The molecule has 0 atom stereocenters. The molecule has 2 aromatic heterocycles. The second-order valence-corrected chi connectivity index (χ2v) is 7.60. The molecule has 1 amide bonds. The quantitative estimate of drug-likeness (QED) is 0.784. The van der Waals surface area contributed by atoms with Gasteiger partial charge in [-0.15, -0.1) is 0 Å². The summed E-state index contributed by atoms with van der Waals surface area (Å²) in [7, 11) is -1.51. The topological polar surface area (TPSA) is 81.1 Å². The molecule has 0 fully saturated rings. The average Bonchev–Trinajstić information content (AvgIpc) is 2.89. The zero-order chi connectivity index (χ0) is 17.3. The van der Waals surface area contributed by atoms with Gasteiger partial charge in [0.25, 0.3) is 5.91 Å².